The third-order valence-corrected chi connectivity index (χ3v) is 3.21. The van der Waals surface area contributed by atoms with Crippen LogP contribution in [0.5, 0.6) is 11.5 Å². The number of hydrogen-bond acceptors (Lipinski definition) is 5. The van der Waals surface area contributed by atoms with Gasteiger partial charge < -0.3 is 24.7 Å². The number of hydrogen-bond donors (Lipinski definition) is 2. The van der Waals surface area contributed by atoms with Crippen molar-refractivity contribution in [3.63, 3.8) is 0 Å². The third-order valence-electron chi connectivity index (χ3n) is 3.21. The van der Waals surface area contributed by atoms with E-state index in [1.165, 1.54) is 19.1 Å². The maximum absolute atomic E-state index is 12.0. The highest BCUT2D eigenvalue weighted by Gasteiger charge is 2.50. The fourth-order valence-electron chi connectivity index (χ4n) is 2.19. The first-order valence-electron chi connectivity index (χ1n) is 6.03. The fraction of sp³-hybridized carbons (Fsp3) is 0.308. The van der Waals surface area contributed by atoms with Crippen LogP contribution >= 0.6 is 0 Å². The summed E-state index contributed by atoms with van der Waals surface area (Å²) < 4.78 is 10.2. The highest BCUT2D eigenvalue weighted by molar-refractivity contribution is 6.12. The number of carbonyl (C=O) groups is 3. The van der Waals surface area contributed by atoms with E-state index in [1.54, 1.807) is 18.2 Å². The van der Waals surface area contributed by atoms with Gasteiger partial charge in [0.2, 0.25) is 0 Å². The molecule has 2 N–H and O–H groups in total. The molecular formula is C13H14N2O6. The summed E-state index contributed by atoms with van der Waals surface area (Å²) >= 11 is 0. The molecule has 1 fully saturated rings. The Labute approximate surface area is 120 Å². The van der Waals surface area contributed by atoms with Gasteiger partial charge in [-0.2, -0.15) is 0 Å². The predicted molar refractivity (Wildman–Crippen MR) is 71.8 cm³/mol. The fourth-order valence-corrected chi connectivity index (χ4v) is 2.19. The van der Waals surface area contributed by atoms with Crippen molar-refractivity contribution in [3.8, 4) is 11.5 Å². The minimum Gasteiger partial charge on any atom is -0.497 e. The van der Waals surface area contributed by atoms with Gasteiger partial charge in [-0.05, 0) is 12.1 Å². The largest absolute Gasteiger partial charge is 0.497 e. The minimum absolute atomic E-state index is 0.350. The number of amides is 2. The quantitative estimate of drug-likeness (QED) is 0.596. The molecule has 1 saturated heterocycles. The number of nitrogens with zero attached hydrogens (tertiary/aromatic N) is 1. The van der Waals surface area contributed by atoms with Gasteiger partial charge >= 0.3 is 6.09 Å². The molecule has 2 atom stereocenters. The van der Waals surface area contributed by atoms with Crippen LogP contribution in [0.4, 0.5) is 10.5 Å². The van der Waals surface area contributed by atoms with Crippen molar-refractivity contribution in [2.75, 3.05) is 19.1 Å². The first-order valence-corrected chi connectivity index (χ1v) is 6.03. The number of anilines is 1. The SMILES string of the molecule is COc1ccc(N2C(=O)[C@@H](NC(=O)O)[C@H]2C=O)c(OC)c1. The molecule has 21 heavy (non-hydrogen) atoms. The predicted octanol–water partition coefficient (Wildman–Crippen LogP) is 0.254. The normalized spacial score (nSPS) is 20.5. The van der Waals surface area contributed by atoms with Gasteiger partial charge in [-0.1, -0.05) is 0 Å². The standard InChI is InChI=1S/C13H14N2O6/c1-20-7-3-4-8(10(5-7)21-2)15-9(6-16)11(12(15)17)14-13(18)19/h3-6,9,11,14H,1-2H3,(H,18,19)/t9-,11+/m1/s1. The van der Waals surface area contributed by atoms with Gasteiger partial charge in [-0.3, -0.25) is 9.69 Å². The molecule has 0 saturated carbocycles. The lowest BCUT2D eigenvalue weighted by Gasteiger charge is -2.43. The third kappa shape index (κ3) is 2.47. The van der Waals surface area contributed by atoms with E-state index >= 15 is 0 Å². The van der Waals surface area contributed by atoms with E-state index in [-0.39, 0.29) is 0 Å². The zero-order valence-corrected chi connectivity index (χ0v) is 11.4. The van der Waals surface area contributed by atoms with Gasteiger partial charge in [-0.25, -0.2) is 4.79 Å². The van der Waals surface area contributed by atoms with Gasteiger partial charge in [0.15, 0.2) is 0 Å². The van der Waals surface area contributed by atoms with Crippen molar-refractivity contribution in [1.29, 1.82) is 0 Å². The van der Waals surface area contributed by atoms with Crippen molar-refractivity contribution in [3.05, 3.63) is 18.2 Å². The molecular weight excluding hydrogens is 280 g/mol. The maximum Gasteiger partial charge on any atom is 0.405 e. The summed E-state index contributed by atoms with van der Waals surface area (Å²) in [6.07, 6.45) is -0.840. The summed E-state index contributed by atoms with van der Waals surface area (Å²) in [6.45, 7) is 0. The molecule has 1 aromatic rings. The molecule has 0 aromatic heterocycles. The van der Waals surface area contributed by atoms with Gasteiger partial charge in [-0.15, -0.1) is 0 Å². The molecule has 2 amide bonds. The number of carbonyl (C=O) groups excluding carboxylic acids is 2. The number of carboxylic acid groups (broad SMARTS) is 1. The van der Waals surface area contributed by atoms with Crippen molar-refractivity contribution in [1.82, 2.24) is 5.32 Å². The van der Waals surface area contributed by atoms with Gasteiger partial charge in [0.1, 0.15) is 29.9 Å². The van der Waals surface area contributed by atoms with Crippen LogP contribution in [0.2, 0.25) is 0 Å². The molecule has 0 spiro atoms. The number of benzene rings is 1. The summed E-state index contributed by atoms with van der Waals surface area (Å²) in [4.78, 5) is 35.0. The van der Waals surface area contributed by atoms with E-state index in [1.807, 2.05) is 5.32 Å². The number of methoxy groups -OCH3 is 2. The topological polar surface area (TPSA) is 105 Å². The summed E-state index contributed by atoms with van der Waals surface area (Å²) in [6, 6.07) is 2.78. The Morgan fingerprint density at radius 1 is 1.38 bits per heavy atom. The van der Waals surface area contributed by atoms with Gasteiger partial charge in [0.05, 0.1) is 19.9 Å². The lowest BCUT2D eigenvalue weighted by molar-refractivity contribution is -0.130. The smallest absolute Gasteiger partial charge is 0.405 e. The monoisotopic (exact) mass is 294 g/mol. The molecule has 2 rings (SSSR count). The van der Waals surface area contributed by atoms with Crippen molar-refractivity contribution in [2.45, 2.75) is 12.1 Å². The van der Waals surface area contributed by atoms with E-state index in [0.717, 1.165) is 0 Å². The minimum atomic E-state index is -1.36. The highest BCUT2D eigenvalue weighted by atomic mass is 16.5. The molecule has 8 heteroatoms. The molecule has 1 aliphatic heterocycles. The average Bonchev–Trinajstić information content (AvgIpc) is 2.49. The Kier molecular flexibility index (Phi) is 3.97. The van der Waals surface area contributed by atoms with Crippen LogP contribution in [0.1, 0.15) is 0 Å². The highest BCUT2D eigenvalue weighted by Crippen LogP contribution is 2.37. The van der Waals surface area contributed by atoms with Crippen LogP contribution in [0.15, 0.2) is 18.2 Å². The molecule has 1 heterocycles. The molecule has 1 aliphatic rings. The van der Waals surface area contributed by atoms with Crippen LogP contribution < -0.4 is 19.7 Å². The Hall–Kier alpha value is -2.77. The molecule has 0 radical (unpaired) electrons. The number of rotatable bonds is 5. The van der Waals surface area contributed by atoms with Crippen molar-refractivity contribution < 1.29 is 29.0 Å². The molecule has 8 nitrogen and oxygen atoms in total. The van der Waals surface area contributed by atoms with Crippen LogP contribution in [0.25, 0.3) is 0 Å². The lowest BCUT2D eigenvalue weighted by atomic mass is 9.95. The Balaban J connectivity index is 2.32. The van der Waals surface area contributed by atoms with E-state index < -0.39 is 24.1 Å². The number of nitrogens with one attached hydrogen (secondary N) is 1. The lowest BCUT2D eigenvalue weighted by Crippen LogP contribution is -2.71. The van der Waals surface area contributed by atoms with E-state index in [9.17, 15) is 14.4 Å². The first-order chi connectivity index (χ1) is 10.0. The summed E-state index contributed by atoms with van der Waals surface area (Å²) in [7, 11) is 2.91. The number of aldehydes is 1. The molecule has 0 bridgehead atoms. The average molecular weight is 294 g/mol. The molecule has 0 unspecified atom stereocenters. The van der Waals surface area contributed by atoms with Crippen LogP contribution in [-0.2, 0) is 9.59 Å². The summed E-state index contributed by atoms with van der Waals surface area (Å²) in [5.74, 6) is 0.368. The first kappa shape index (κ1) is 14.6. The molecule has 1 aromatic carbocycles. The molecule has 0 aliphatic carbocycles. The van der Waals surface area contributed by atoms with Crippen molar-refractivity contribution in [2.24, 2.45) is 0 Å². The molecule has 112 valence electrons. The van der Waals surface area contributed by atoms with Crippen LogP contribution in [0.3, 0.4) is 0 Å². The second kappa shape index (κ2) is 5.70. The zero-order valence-electron chi connectivity index (χ0n) is 11.4. The van der Waals surface area contributed by atoms with Gasteiger partial charge in [0, 0.05) is 6.07 Å². The Bertz CT molecular complexity index is 588. The number of ether oxygens (including phenoxy) is 2. The van der Waals surface area contributed by atoms with E-state index in [4.69, 9.17) is 14.6 Å². The van der Waals surface area contributed by atoms with Crippen LogP contribution in [0, 0.1) is 0 Å². The van der Waals surface area contributed by atoms with Crippen LogP contribution in [-0.4, -0.2) is 49.7 Å². The van der Waals surface area contributed by atoms with E-state index in [0.29, 0.717) is 23.5 Å². The number of β-lactam (4-membered cyclic amide) rings is 1. The Morgan fingerprint density at radius 3 is 2.62 bits per heavy atom. The van der Waals surface area contributed by atoms with Crippen molar-refractivity contribution >= 4 is 24.0 Å². The second-order valence-electron chi connectivity index (χ2n) is 4.30. The Morgan fingerprint density at radius 2 is 2.10 bits per heavy atom. The summed E-state index contributed by atoms with van der Waals surface area (Å²) in [5.41, 5.74) is 0.379. The van der Waals surface area contributed by atoms with E-state index in [2.05, 4.69) is 0 Å². The zero-order chi connectivity index (χ0) is 15.6. The second-order valence-corrected chi connectivity index (χ2v) is 4.30. The van der Waals surface area contributed by atoms with Gasteiger partial charge in [0.25, 0.3) is 5.91 Å². The maximum atomic E-state index is 12.0. The summed E-state index contributed by atoms with van der Waals surface area (Å²) in [5, 5.41) is 10.7.